The second-order valence-corrected chi connectivity index (χ2v) is 5.85. The first kappa shape index (κ1) is 11.9. The Bertz CT molecular complexity index is 445. The van der Waals surface area contributed by atoms with E-state index in [0.717, 1.165) is 31.6 Å². The minimum absolute atomic E-state index is 0.567. The Hall–Kier alpha value is -1.16. The molecular weight excluding hydrogens is 226 g/mol. The Morgan fingerprint density at radius 1 is 1.22 bits per heavy atom. The van der Waals surface area contributed by atoms with Gasteiger partial charge in [0.25, 0.3) is 0 Å². The van der Waals surface area contributed by atoms with Gasteiger partial charge in [-0.3, -0.25) is 0 Å². The number of anilines is 1. The van der Waals surface area contributed by atoms with Gasteiger partial charge in [0.05, 0.1) is 5.60 Å². The SMILES string of the molecule is CC1(O)CCN(c2ncnc3c2CCCCC3)C1. The first-order valence-electron chi connectivity index (χ1n) is 6.96. The first-order valence-corrected chi connectivity index (χ1v) is 6.96. The van der Waals surface area contributed by atoms with E-state index in [0.29, 0.717) is 6.54 Å². The highest BCUT2D eigenvalue weighted by molar-refractivity contribution is 5.50. The summed E-state index contributed by atoms with van der Waals surface area (Å²) in [6, 6.07) is 0. The molecule has 2 aliphatic rings. The van der Waals surface area contributed by atoms with Crippen molar-refractivity contribution in [3.8, 4) is 0 Å². The Labute approximate surface area is 108 Å². The van der Waals surface area contributed by atoms with Gasteiger partial charge in [-0.25, -0.2) is 9.97 Å². The van der Waals surface area contributed by atoms with E-state index in [9.17, 15) is 5.11 Å². The Kier molecular flexibility index (Phi) is 2.98. The summed E-state index contributed by atoms with van der Waals surface area (Å²) in [6.07, 6.45) is 8.43. The quantitative estimate of drug-likeness (QED) is 0.767. The number of aromatic nitrogens is 2. The number of rotatable bonds is 1. The van der Waals surface area contributed by atoms with Gasteiger partial charge in [0, 0.05) is 24.3 Å². The van der Waals surface area contributed by atoms with Crippen LogP contribution in [-0.4, -0.2) is 33.8 Å². The maximum atomic E-state index is 10.1. The summed E-state index contributed by atoms with van der Waals surface area (Å²) in [4.78, 5) is 11.2. The van der Waals surface area contributed by atoms with E-state index in [2.05, 4.69) is 14.9 Å². The van der Waals surface area contributed by atoms with Gasteiger partial charge in [-0.1, -0.05) is 6.42 Å². The van der Waals surface area contributed by atoms with Crippen molar-refractivity contribution in [2.75, 3.05) is 18.0 Å². The number of aliphatic hydroxyl groups is 1. The molecule has 1 saturated heterocycles. The monoisotopic (exact) mass is 247 g/mol. The predicted octanol–water partition coefficient (Wildman–Crippen LogP) is 1.71. The zero-order valence-corrected chi connectivity index (χ0v) is 11.0. The summed E-state index contributed by atoms with van der Waals surface area (Å²) in [5.41, 5.74) is 1.99. The highest BCUT2D eigenvalue weighted by Crippen LogP contribution is 2.31. The molecule has 1 aliphatic carbocycles. The molecule has 0 amide bonds. The molecule has 0 spiro atoms. The summed E-state index contributed by atoms with van der Waals surface area (Å²) < 4.78 is 0. The molecule has 0 aromatic carbocycles. The number of hydrogen-bond donors (Lipinski definition) is 1. The molecule has 0 saturated carbocycles. The van der Waals surface area contributed by atoms with Crippen molar-refractivity contribution in [1.82, 2.24) is 9.97 Å². The molecule has 4 heteroatoms. The molecule has 2 heterocycles. The molecule has 0 radical (unpaired) electrons. The number of aryl methyl sites for hydroxylation is 1. The summed E-state index contributed by atoms with van der Waals surface area (Å²) >= 11 is 0. The summed E-state index contributed by atoms with van der Waals surface area (Å²) in [5, 5.41) is 10.1. The predicted molar refractivity (Wildman–Crippen MR) is 70.7 cm³/mol. The molecule has 18 heavy (non-hydrogen) atoms. The van der Waals surface area contributed by atoms with Crippen molar-refractivity contribution in [2.24, 2.45) is 0 Å². The van der Waals surface area contributed by atoms with Crippen LogP contribution in [0, 0.1) is 0 Å². The lowest BCUT2D eigenvalue weighted by molar-refractivity contribution is 0.0839. The second-order valence-electron chi connectivity index (χ2n) is 5.85. The molecule has 1 aliphatic heterocycles. The average Bonchev–Trinajstić information content (AvgIpc) is 2.58. The number of hydrogen-bond acceptors (Lipinski definition) is 4. The zero-order chi connectivity index (χ0) is 12.6. The highest BCUT2D eigenvalue weighted by Gasteiger charge is 2.33. The van der Waals surface area contributed by atoms with Crippen molar-refractivity contribution in [3.05, 3.63) is 17.6 Å². The second kappa shape index (κ2) is 4.50. The lowest BCUT2D eigenvalue weighted by atomic mass is 10.1. The number of fused-ring (bicyclic) bond motifs is 1. The fraction of sp³-hybridized carbons (Fsp3) is 0.714. The summed E-state index contributed by atoms with van der Waals surface area (Å²) in [5.74, 6) is 1.07. The van der Waals surface area contributed by atoms with Crippen LogP contribution in [0.1, 0.15) is 43.9 Å². The van der Waals surface area contributed by atoms with Gasteiger partial charge in [-0.15, -0.1) is 0 Å². The fourth-order valence-electron chi connectivity index (χ4n) is 3.08. The molecule has 0 bridgehead atoms. The normalized spacial score (nSPS) is 28.0. The summed E-state index contributed by atoms with van der Waals surface area (Å²) in [6.45, 7) is 3.50. The van der Waals surface area contributed by atoms with E-state index in [1.807, 2.05) is 6.92 Å². The third-order valence-corrected chi connectivity index (χ3v) is 4.10. The molecule has 4 nitrogen and oxygen atoms in total. The van der Waals surface area contributed by atoms with Crippen molar-refractivity contribution in [2.45, 2.75) is 51.0 Å². The van der Waals surface area contributed by atoms with E-state index in [1.165, 1.54) is 30.5 Å². The largest absolute Gasteiger partial charge is 0.388 e. The van der Waals surface area contributed by atoms with E-state index >= 15 is 0 Å². The lowest BCUT2D eigenvalue weighted by Gasteiger charge is -2.22. The third kappa shape index (κ3) is 2.21. The number of nitrogens with zero attached hydrogens (tertiary/aromatic N) is 3. The van der Waals surface area contributed by atoms with Gasteiger partial charge in [-0.05, 0) is 39.0 Å². The van der Waals surface area contributed by atoms with Gasteiger partial charge in [0.1, 0.15) is 12.1 Å². The third-order valence-electron chi connectivity index (χ3n) is 4.10. The topological polar surface area (TPSA) is 49.2 Å². The van der Waals surface area contributed by atoms with Crippen molar-refractivity contribution in [3.63, 3.8) is 0 Å². The fourth-order valence-corrected chi connectivity index (χ4v) is 3.08. The van der Waals surface area contributed by atoms with Gasteiger partial charge < -0.3 is 10.0 Å². The Balaban J connectivity index is 1.93. The minimum atomic E-state index is -0.567. The van der Waals surface area contributed by atoms with Crippen molar-refractivity contribution in [1.29, 1.82) is 0 Å². The van der Waals surface area contributed by atoms with Crippen LogP contribution in [0.2, 0.25) is 0 Å². The van der Waals surface area contributed by atoms with Crippen LogP contribution in [0.3, 0.4) is 0 Å². The van der Waals surface area contributed by atoms with Crippen LogP contribution in [-0.2, 0) is 12.8 Å². The molecule has 1 N–H and O–H groups in total. The maximum absolute atomic E-state index is 10.1. The first-order chi connectivity index (χ1) is 8.66. The Morgan fingerprint density at radius 3 is 2.83 bits per heavy atom. The number of β-amino-alcohol motifs (C(OH)–C–C–N with tert-alkyl or cyclic N) is 1. The molecule has 1 aromatic heterocycles. The maximum Gasteiger partial charge on any atom is 0.135 e. The van der Waals surface area contributed by atoms with Crippen LogP contribution >= 0.6 is 0 Å². The Morgan fingerprint density at radius 2 is 2.06 bits per heavy atom. The lowest BCUT2D eigenvalue weighted by Crippen LogP contribution is -2.30. The van der Waals surface area contributed by atoms with Crippen LogP contribution in [0.15, 0.2) is 6.33 Å². The van der Waals surface area contributed by atoms with Gasteiger partial charge in [0.15, 0.2) is 0 Å². The van der Waals surface area contributed by atoms with E-state index in [1.54, 1.807) is 6.33 Å². The van der Waals surface area contributed by atoms with E-state index < -0.39 is 5.60 Å². The molecule has 3 rings (SSSR count). The highest BCUT2D eigenvalue weighted by atomic mass is 16.3. The smallest absolute Gasteiger partial charge is 0.135 e. The standard InChI is InChI=1S/C14H21N3O/c1-14(18)7-8-17(9-14)13-11-5-3-2-4-6-12(11)15-10-16-13/h10,18H,2-9H2,1H3. The van der Waals surface area contributed by atoms with E-state index in [-0.39, 0.29) is 0 Å². The van der Waals surface area contributed by atoms with Crippen LogP contribution in [0.25, 0.3) is 0 Å². The van der Waals surface area contributed by atoms with Crippen LogP contribution < -0.4 is 4.90 Å². The summed E-state index contributed by atoms with van der Waals surface area (Å²) in [7, 11) is 0. The molecule has 1 unspecified atom stereocenters. The average molecular weight is 247 g/mol. The van der Waals surface area contributed by atoms with Crippen LogP contribution in [0.4, 0.5) is 5.82 Å². The van der Waals surface area contributed by atoms with Gasteiger partial charge in [0.2, 0.25) is 0 Å². The zero-order valence-electron chi connectivity index (χ0n) is 11.0. The molecule has 1 atom stereocenters. The van der Waals surface area contributed by atoms with E-state index in [4.69, 9.17) is 0 Å². The minimum Gasteiger partial charge on any atom is -0.388 e. The van der Waals surface area contributed by atoms with Crippen LogP contribution in [0.5, 0.6) is 0 Å². The molecule has 98 valence electrons. The van der Waals surface area contributed by atoms with Gasteiger partial charge in [-0.2, -0.15) is 0 Å². The van der Waals surface area contributed by atoms with Gasteiger partial charge >= 0.3 is 0 Å². The molecule has 1 fully saturated rings. The van der Waals surface area contributed by atoms with Crippen molar-refractivity contribution >= 4 is 5.82 Å². The molecular formula is C14H21N3O. The molecule has 1 aromatic rings. The van der Waals surface area contributed by atoms with Crippen molar-refractivity contribution < 1.29 is 5.11 Å².